The Bertz CT molecular complexity index is 652. The number of alkyl halides is 3. The fourth-order valence-corrected chi connectivity index (χ4v) is 2.51. The maximum atomic E-state index is 12.2. The van der Waals surface area contributed by atoms with Crippen molar-refractivity contribution in [3.63, 3.8) is 0 Å². The van der Waals surface area contributed by atoms with Gasteiger partial charge in [0.1, 0.15) is 5.75 Å². The fourth-order valence-electron chi connectivity index (χ4n) is 1.60. The van der Waals surface area contributed by atoms with Crippen LogP contribution >= 0.6 is 11.3 Å². The van der Waals surface area contributed by atoms with Crippen LogP contribution in [-0.2, 0) is 0 Å². The summed E-state index contributed by atoms with van der Waals surface area (Å²) in [7, 11) is 0. The smallest absolute Gasteiger partial charge is 0.476 e. The Kier molecular flexibility index (Phi) is 3.67. The first-order chi connectivity index (χ1) is 9.26. The van der Waals surface area contributed by atoms with Crippen molar-refractivity contribution >= 4 is 17.3 Å². The summed E-state index contributed by atoms with van der Waals surface area (Å²) in [5.41, 5.74) is 0.131. The van der Waals surface area contributed by atoms with Crippen molar-refractivity contribution < 1.29 is 27.8 Å². The van der Waals surface area contributed by atoms with Crippen molar-refractivity contribution in [3.8, 4) is 16.2 Å². The SMILES string of the molecule is Cc1nc(C(=O)O)c(-c2cccc(OC(F)(F)F)c2)s1. The van der Waals surface area contributed by atoms with Crippen LogP contribution in [0.5, 0.6) is 5.75 Å². The van der Waals surface area contributed by atoms with E-state index in [0.29, 0.717) is 15.4 Å². The molecule has 0 bridgehead atoms. The normalized spacial score (nSPS) is 11.4. The van der Waals surface area contributed by atoms with Crippen molar-refractivity contribution in [2.45, 2.75) is 13.3 Å². The van der Waals surface area contributed by atoms with Crippen molar-refractivity contribution in [2.75, 3.05) is 0 Å². The van der Waals surface area contributed by atoms with Crippen LogP contribution in [0.4, 0.5) is 13.2 Å². The summed E-state index contributed by atoms with van der Waals surface area (Å²) in [6, 6.07) is 5.14. The number of halogens is 3. The van der Waals surface area contributed by atoms with Gasteiger partial charge in [0.25, 0.3) is 0 Å². The number of hydrogen-bond donors (Lipinski definition) is 1. The van der Waals surface area contributed by atoms with E-state index in [0.717, 1.165) is 23.5 Å². The molecule has 106 valence electrons. The molecule has 8 heteroatoms. The van der Waals surface area contributed by atoms with E-state index in [1.807, 2.05) is 0 Å². The van der Waals surface area contributed by atoms with Crippen LogP contribution in [-0.4, -0.2) is 22.4 Å². The van der Waals surface area contributed by atoms with Crippen molar-refractivity contribution in [1.29, 1.82) is 0 Å². The Balaban J connectivity index is 2.43. The number of hydrogen-bond acceptors (Lipinski definition) is 4. The first-order valence-electron chi connectivity index (χ1n) is 5.33. The third-order valence-electron chi connectivity index (χ3n) is 2.27. The van der Waals surface area contributed by atoms with Gasteiger partial charge in [0.2, 0.25) is 0 Å². The number of rotatable bonds is 3. The van der Waals surface area contributed by atoms with E-state index in [2.05, 4.69) is 9.72 Å². The lowest BCUT2D eigenvalue weighted by Crippen LogP contribution is -2.17. The number of nitrogens with zero attached hydrogens (tertiary/aromatic N) is 1. The molecule has 2 rings (SSSR count). The van der Waals surface area contributed by atoms with Crippen molar-refractivity contribution in [1.82, 2.24) is 4.98 Å². The summed E-state index contributed by atoms with van der Waals surface area (Å²) in [4.78, 5) is 15.2. The highest BCUT2D eigenvalue weighted by atomic mass is 32.1. The first kappa shape index (κ1) is 14.3. The summed E-state index contributed by atoms with van der Waals surface area (Å²) in [5, 5.41) is 9.54. The van der Waals surface area contributed by atoms with Crippen molar-refractivity contribution in [3.05, 3.63) is 35.0 Å². The Labute approximate surface area is 115 Å². The number of aromatic carboxylic acids is 1. The molecule has 0 aliphatic heterocycles. The van der Waals surface area contributed by atoms with Crippen molar-refractivity contribution in [2.24, 2.45) is 0 Å². The Morgan fingerprint density at radius 1 is 1.40 bits per heavy atom. The van der Waals surface area contributed by atoms with Gasteiger partial charge in [0, 0.05) is 0 Å². The minimum absolute atomic E-state index is 0.184. The van der Waals surface area contributed by atoms with Gasteiger partial charge in [-0.1, -0.05) is 12.1 Å². The summed E-state index contributed by atoms with van der Waals surface area (Å²) in [6.45, 7) is 1.62. The summed E-state index contributed by atoms with van der Waals surface area (Å²) in [6.07, 6.45) is -4.79. The van der Waals surface area contributed by atoms with E-state index in [4.69, 9.17) is 5.11 Å². The quantitative estimate of drug-likeness (QED) is 0.939. The van der Waals surface area contributed by atoms with Crippen LogP contribution in [0.1, 0.15) is 15.5 Å². The molecule has 0 fully saturated rings. The van der Waals surface area contributed by atoms with E-state index in [9.17, 15) is 18.0 Å². The average Bonchev–Trinajstić information content (AvgIpc) is 2.69. The van der Waals surface area contributed by atoms with Crippen LogP contribution in [0.25, 0.3) is 10.4 Å². The molecule has 0 spiro atoms. The van der Waals surface area contributed by atoms with Gasteiger partial charge < -0.3 is 9.84 Å². The van der Waals surface area contributed by atoms with Gasteiger partial charge in [0.15, 0.2) is 5.69 Å². The molecule has 0 radical (unpaired) electrons. The lowest BCUT2D eigenvalue weighted by Gasteiger charge is -2.09. The first-order valence-corrected chi connectivity index (χ1v) is 6.15. The number of thiazole rings is 1. The molecule has 0 atom stereocenters. The standard InChI is InChI=1S/C12H8F3NO3S/c1-6-16-9(11(17)18)10(20-6)7-3-2-4-8(5-7)19-12(13,14)15/h2-5H,1H3,(H,17,18). The van der Waals surface area contributed by atoms with Crippen LogP contribution < -0.4 is 4.74 Å². The molecule has 1 heterocycles. The number of ether oxygens (including phenoxy) is 1. The number of carboxylic acid groups (broad SMARTS) is 1. The minimum atomic E-state index is -4.79. The molecule has 0 saturated heterocycles. The third kappa shape index (κ3) is 3.27. The predicted octanol–water partition coefficient (Wildman–Crippen LogP) is 3.72. The topological polar surface area (TPSA) is 59.4 Å². The molecule has 0 saturated carbocycles. The maximum absolute atomic E-state index is 12.2. The highest BCUT2D eigenvalue weighted by Crippen LogP contribution is 2.33. The molecule has 0 amide bonds. The third-order valence-corrected chi connectivity index (χ3v) is 3.29. The van der Waals surface area contributed by atoms with Crippen LogP contribution in [0.15, 0.2) is 24.3 Å². The van der Waals surface area contributed by atoms with Crippen LogP contribution in [0.3, 0.4) is 0 Å². The van der Waals surface area contributed by atoms with Gasteiger partial charge in [-0.25, -0.2) is 9.78 Å². The van der Waals surface area contributed by atoms with Gasteiger partial charge in [-0.15, -0.1) is 24.5 Å². The summed E-state index contributed by atoms with van der Waals surface area (Å²) in [5.74, 6) is -1.64. The maximum Gasteiger partial charge on any atom is 0.573 e. The lowest BCUT2D eigenvalue weighted by atomic mass is 10.1. The molecule has 0 unspecified atom stereocenters. The Morgan fingerprint density at radius 3 is 2.70 bits per heavy atom. The number of carbonyl (C=O) groups is 1. The van der Waals surface area contributed by atoms with Crippen LogP contribution in [0.2, 0.25) is 0 Å². The number of carboxylic acids is 1. The van der Waals surface area contributed by atoms with Gasteiger partial charge in [-0.3, -0.25) is 0 Å². The Hall–Kier alpha value is -2.09. The molecule has 1 aromatic heterocycles. The zero-order valence-corrected chi connectivity index (χ0v) is 10.9. The molecule has 20 heavy (non-hydrogen) atoms. The molecule has 1 N–H and O–H groups in total. The predicted molar refractivity (Wildman–Crippen MR) is 65.9 cm³/mol. The zero-order valence-electron chi connectivity index (χ0n) is 10.1. The van der Waals surface area contributed by atoms with E-state index in [1.165, 1.54) is 12.1 Å². The van der Waals surface area contributed by atoms with Gasteiger partial charge in [0.05, 0.1) is 9.88 Å². The van der Waals surface area contributed by atoms with E-state index in [1.54, 1.807) is 6.92 Å². The summed E-state index contributed by atoms with van der Waals surface area (Å²) < 4.78 is 40.3. The van der Waals surface area contributed by atoms with E-state index in [-0.39, 0.29) is 5.69 Å². The van der Waals surface area contributed by atoms with E-state index < -0.39 is 18.1 Å². The second-order valence-electron chi connectivity index (χ2n) is 3.79. The lowest BCUT2D eigenvalue weighted by molar-refractivity contribution is -0.274. The number of benzene rings is 1. The van der Waals surface area contributed by atoms with Gasteiger partial charge in [-0.2, -0.15) is 0 Å². The number of aromatic nitrogens is 1. The zero-order chi connectivity index (χ0) is 14.9. The van der Waals surface area contributed by atoms with Gasteiger partial charge >= 0.3 is 12.3 Å². The number of aryl methyl sites for hydroxylation is 1. The molecule has 1 aromatic carbocycles. The molecule has 0 aliphatic rings. The van der Waals surface area contributed by atoms with E-state index >= 15 is 0 Å². The average molecular weight is 303 g/mol. The highest BCUT2D eigenvalue weighted by Gasteiger charge is 2.31. The second-order valence-corrected chi connectivity index (χ2v) is 4.99. The molecular weight excluding hydrogens is 295 g/mol. The second kappa shape index (κ2) is 5.12. The molecular formula is C12H8F3NO3S. The highest BCUT2D eigenvalue weighted by molar-refractivity contribution is 7.15. The minimum Gasteiger partial charge on any atom is -0.476 e. The molecule has 0 aliphatic carbocycles. The Morgan fingerprint density at radius 2 is 2.10 bits per heavy atom. The van der Waals surface area contributed by atoms with Gasteiger partial charge in [-0.05, 0) is 24.6 Å². The molecule has 2 aromatic rings. The van der Waals surface area contributed by atoms with Crippen LogP contribution in [0, 0.1) is 6.92 Å². The molecule has 4 nitrogen and oxygen atoms in total. The fraction of sp³-hybridized carbons (Fsp3) is 0.167. The largest absolute Gasteiger partial charge is 0.573 e. The summed E-state index contributed by atoms with van der Waals surface area (Å²) >= 11 is 1.09. The monoisotopic (exact) mass is 303 g/mol.